The molecule has 0 heterocycles. The summed E-state index contributed by atoms with van der Waals surface area (Å²) in [6, 6.07) is 12.7. The molecule has 26 heavy (non-hydrogen) atoms. The standard InChI is InChI=1S/C19H21BrClN3O2/c1-3-24(11-14-10-15(20)4-9-18(14)21)12-19(26)23-17-7-5-16(6-8-17)22-13(2)25/h4-10H,3,11-12H2,1-2H3,(H,22,25)(H,23,26). The summed E-state index contributed by atoms with van der Waals surface area (Å²) in [7, 11) is 0. The third-order valence-corrected chi connectivity index (χ3v) is 4.57. The zero-order valence-corrected chi connectivity index (χ0v) is 17.0. The molecule has 0 saturated heterocycles. The van der Waals surface area contributed by atoms with Crippen LogP contribution < -0.4 is 10.6 Å². The third-order valence-electron chi connectivity index (χ3n) is 3.71. The number of nitrogens with one attached hydrogen (secondary N) is 2. The number of hydrogen-bond acceptors (Lipinski definition) is 3. The van der Waals surface area contributed by atoms with Gasteiger partial charge in [-0.1, -0.05) is 34.5 Å². The van der Waals surface area contributed by atoms with Crippen molar-refractivity contribution in [3.8, 4) is 0 Å². The van der Waals surface area contributed by atoms with Gasteiger partial charge in [-0.15, -0.1) is 0 Å². The maximum absolute atomic E-state index is 12.3. The molecule has 0 radical (unpaired) electrons. The normalized spacial score (nSPS) is 10.7. The molecule has 7 heteroatoms. The summed E-state index contributed by atoms with van der Waals surface area (Å²) in [6.07, 6.45) is 0. The molecule has 0 spiro atoms. The Morgan fingerprint density at radius 3 is 2.27 bits per heavy atom. The van der Waals surface area contributed by atoms with Crippen molar-refractivity contribution in [3.05, 3.63) is 57.5 Å². The van der Waals surface area contributed by atoms with Crippen molar-refractivity contribution in [2.45, 2.75) is 20.4 Å². The highest BCUT2D eigenvalue weighted by Gasteiger charge is 2.12. The Hall–Kier alpha value is -1.89. The molecule has 0 aromatic heterocycles. The van der Waals surface area contributed by atoms with Crippen molar-refractivity contribution < 1.29 is 9.59 Å². The molecular weight excluding hydrogens is 418 g/mol. The average Bonchev–Trinajstić information content (AvgIpc) is 2.58. The van der Waals surface area contributed by atoms with Gasteiger partial charge < -0.3 is 10.6 Å². The number of likely N-dealkylation sites (N-methyl/N-ethyl adjacent to an activating group) is 1. The van der Waals surface area contributed by atoms with Crippen LogP contribution in [0.4, 0.5) is 11.4 Å². The first-order chi connectivity index (χ1) is 12.4. The van der Waals surface area contributed by atoms with E-state index in [2.05, 4.69) is 26.6 Å². The topological polar surface area (TPSA) is 61.4 Å². The van der Waals surface area contributed by atoms with Crippen LogP contribution in [0, 0.1) is 0 Å². The highest BCUT2D eigenvalue weighted by Crippen LogP contribution is 2.22. The van der Waals surface area contributed by atoms with Crippen molar-refractivity contribution in [3.63, 3.8) is 0 Å². The fraction of sp³-hybridized carbons (Fsp3) is 0.263. The lowest BCUT2D eigenvalue weighted by Gasteiger charge is -2.20. The Balaban J connectivity index is 1.94. The SMILES string of the molecule is CCN(CC(=O)Nc1ccc(NC(C)=O)cc1)Cc1cc(Br)ccc1Cl. The van der Waals surface area contributed by atoms with Crippen LogP contribution in [-0.4, -0.2) is 29.8 Å². The van der Waals surface area contributed by atoms with E-state index in [9.17, 15) is 9.59 Å². The van der Waals surface area contributed by atoms with Crippen LogP contribution in [0.1, 0.15) is 19.4 Å². The number of amides is 2. The predicted octanol–water partition coefficient (Wildman–Crippen LogP) is 4.52. The number of nitrogens with zero attached hydrogens (tertiary/aromatic N) is 1. The van der Waals surface area contributed by atoms with Crippen molar-refractivity contribution in [1.82, 2.24) is 4.90 Å². The molecule has 2 amide bonds. The number of carbonyl (C=O) groups excluding carboxylic acids is 2. The van der Waals surface area contributed by atoms with Gasteiger partial charge in [-0.2, -0.15) is 0 Å². The molecule has 0 aliphatic rings. The van der Waals surface area contributed by atoms with Crippen LogP contribution >= 0.6 is 27.5 Å². The lowest BCUT2D eigenvalue weighted by Crippen LogP contribution is -2.32. The Morgan fingerprint density at radius 1 is 1.08 bits per heavy atom. The molecule has 0 atom stereocenters. The van der Waals surface area contributed by atoms with Crippen molar-refractivity contribution in [1.29, 1.82) is 0 Å². The van der Waals surface area contributed by atoms with Gasteiger partial charge in [-0.05, 0) is 54.6 Å². The summed E-state index contributed by atoms with van der Waals surface area (Å²) in [5.74, 6) is -0.239. The van der Waals surface area contributed by atoms with Gasteiger partial charge in [-0.25, -0.2) is 0 Å². The molecule has 2 N–H and O–H groups in total. The van der Waals surface area contributed by atoms with Crippen molar-refractivity contribution in [2.75, 3.05) is 23.7 Å². The summed E-state index contributed by atoms with van der Waals surface area (Å²) < 4.78 is 0.955. The highest BCUT2D eigenvalue weighted by atomic mass is 79.9. The minimum Gasteiger partial charge on any atom is -0.326 e. The molecule has 0 bridgehead atoms. The fourth-order valence-corrected chi connectivity index (χ4v) is 3.01. The van der Waals surface area contributed by atoms with E-state index in [1.807, 2.05) is 30.0 Å². The highest BCUT2D eigenvalue weighted by molar-refractivity contribution is 9.10. The van der Waals surface area contributed by atoms with Crippen molar-refractivity contribution in [2.24, 2.45) is 0 Å². The van der Waals surface area contributed by atoms with E-state index in [0.29, 0.717) is 22.9 Å². The molecule has 5 nitrogen and oxygen atoms in total. The van der Waals surface area contributed by atoms with E-state index in [0.717, 1.165) is 16.6 Å². The van der Waals surface area contributed by atoms with Gasteiger partial charge in [0.05, 0.1) is 6.54 Å². The number of carbonyl (C=O) groups is 2. The van der Waals surface area contributed by atoms with Gasteiger partial charge in [0, 0.05) is 34.3 Å². The first-order valence-corrected chi connectivity index (χ1v) is 9.38. The quantitative estimate of drug-likeness (QED) is 0.668. The van der Waals surface area contributed by atoms with E-state index in [-0.39, 0.29) is 18.4 Å². The van der Waals surface area contributed by atoms with Crippen molar-refractivity contribution >= 4 is 50.7 Å². The van der Waals surface area contributed by atoms with Crippen LogP contribution in [0.25, 0.3) is 0 Å². The summed E-state index contributed by atoms with van der Waals surface area (Å²) >= 11 is 9.68. The molecular formula is C19H21BrClN3O2. The minimum absolute atomic E-state index is 0.106. The summed E-state index contributed by atoms with van der Waals surface area (Å²) in [5.41, 5.74) is 2.34. The molecule has 2 aromatic rings. The first-order valence-electron chi connectivity index (χ1n) is 8.21. The first kappa shape index (κ1) is 20.4. The van der Waals surface area contributed by atoms with Crippen LogP contribution in [0.15, 0.2) is 46.9 Å². The van der Waals surface area contributed by atoms with Crippen LogP contribution in [0.2, 0.25) is 5.02 Å². The predicted molar refractivity (Wildman–Crippen MR) is 109 cm³/mol. The number of benzene rings is 2. The number of anilines is 2. The smallest absolute Gasteiger partial charge is 0.238 e. The van der Waals surface area contributed by atoms with E-state index in [4.69, 9.17) is 11.6 Å². The zero-order valence-electron chi connectivity index (χ0n) is 14.7. The van der Waals surface area contributed by atoms with Crippen LogP contribution in [0.3, 0.4) is 0 Å². The Labute approximate surface area is 166 Å². The summed E-state index contributed by atoms with van der Waals surface area (Å²) in [6.45, 7) is 5.02. The van der Waals surface area contributed by atoms with Gasteiger partial charge in [0.15, 0.2) is 0 Å². The van der Waals surface area contributed by atoms with Gasteiger partial charge in [0.25, 0.3) is 0 Å². The zero-order chi connectivity index (χ0) is 19.1. The van der Waals surface area contributed by atoms with E-state index < -0.39 is 0 Å². The Morgan fingerprint density at radius 2 is 1.69 bits per heavy atom. The lowest BCUT2D eigenvalue weighted by molar-refractivity contribution is -0.117. The lowest BCUT2D eigenvalue weighted by atomic mass is 10.2. The molecule has 0 aliphatic carbocycles. The van der Waals surface area contributed by atoms with E-state index >= 15 is 0 Å². The van der Waals surface area contributed by atoms with Gasteiger partial charge >= 0.3 is 0 Å². The Kier molecular flexibility index (Phi) is 7.63. The molecule has 2 rings (SSSR count). The van der Waals surface area contributed by atoms with E-state index in [1.165, 1.54) is 6.92 Å². The largest absolute Gasteiger partial charge is 0.326 e. The molecule has 0 saturated carbocycles. The number of halogens is 2. The van der Waals surface area contributed by atoms with Crippen LogP contribution in [-0.2, 0) is 16.1 Å². The van der Waals surface area contributed by atoms with E-state index in [1.54, 1.807) is 24.3 Å². The molecule has 0 unspecified atom stereocenters. The summed E-state index contributed by atoms with van der Waals surface area (Å²) in [5, 5.41) is 6.23. The monoisotopic (exact) mass is 437 g/mol. The fourth-order valence-electron chi connectivity index (χ4n) is 2.43. The molecule has 0 fully saturated rings. The number of rotatable bonds is 7. The molecule has 2 aromatic carbocycles. The van der Waals surface area contributed by atoms with Gasteiger partial charge in [-0.3, -0.25) is 14.5 Å². The third kappa shape index (κ3) is 6.44. The maximum atomic E-state index is 12.3. The van der Waals surface area contributed by atoms with Gasteiger partial charge in [0.2, 0.25) is 11.8 Å². The second kappa shape index (κ2) is 9.71. The Bertz CT molecular complexity index is 781. The second-order valence-corrected chi connectivity index (χ2v) is 7.17. The average molecular weight is 439 g/mol. The van der Waals surface area contributed by atoms with Gasteiger partial charge in [0.1, 0.15) is 0 Å². The second-order valence-electron chi connectivity index (χ2n) is 5.85. The number of hydrogen-bond donors (Lipinski definition) is 2. The molecule has 0 aliphatic heterocycles. The van der Waals surface area contributed by atoms with Crippen LogP contribution in [0.5, 0.6) is 0 Å². The minimum atomic E-state index is -0.133. The maximum Gasteiger partial charge on any atom is 0.238 e. The summed E-state index contributed by atoms with van der Waals surface area (Å²) in [4.78, 5) is 25.4. The molecule has 138 valence electrons.